The second kappa shape index (κ2) is 5.48. The number of rotatable bonds is 4. The second-order valence-corrected chi connectivity index (χ2v) is 6.46. The number of halogens is 1. The molecule has 0 bridgehead atoms. The fourth-order valence-corrected chi connectivity index (χ4v) is 3.19. The molecule has 0 spiro atoms. The summed E-state index contributed by atoms with van der Waals surface area (Å²) in [5.74, 6) is -0.736. The van der Waals surface area contributed by atoms with E-state index in [1.165, 1.54) is 11.3 Å². The van der Waals surface area contributed by atoms with Gasteiger partial charge in [0, 0.05) is 11.4 Å². The SMILES string of the molecule is N#Cc1cc(S(=O)(=O)NCc2cccs2)ccc1F. The highest BCUT2D eigenvalue weighted by molar-refractivity contribution is 7.89. The van der Waals surface area contributed by atoms with Crippen molar-refractivity contribution < 1.29 is 12.8 Å². The maximum atomic E-state index is 13.1. The Bertz CT molecular complexity index is 719. The van der Waals surface area contributed by atoms with Crippen LogP contribution in [-0.2, 0) is 16.6 Å². The first-order chi connectivity index (χ1) is 9.03. The summed E-state index contributed by atoms with van der Waals surface area (Å²) in [7, 11) is -3.75. The van der Waals surface area contributed by atoms with Crippen LogP contribution in [0.2, 0.25) is 0 Å². The number of hydrogen-bond acceptors (Lipinski definition) is 4. The number of nitrogens with one attached hydrogen (secondary N) is 1. The summed E-state index contributed by atoms with van der Waals surface area (Å²) in [4.78, 5) is 0.744. The standard InChI is InChI=1S/C12H9FN2O2S2/c13-12-4-3-11(6-9(12)7-14)19(16,17)15-8-10-2-1-5-18-10/h1-6,15H,8H2. The number of thiophene rings is 1. The Morgan fingerprint density at radius 1 is 1.37 bits per heavy atom. The molecule has 0 saturated heterocycles. The molecule has 0 aliphatic rings. The molecule has 0 fully saturated rings. The van der Waals surface area contributed by atoms with Crippen molar-refractivity contribution in [3.05, 3.63) is 52.0 Å². The van der Waals surface area contributed by atoms with Crippen molar-refractivity contribution in [2.75, 3.05) is 0 Å². The lowest BCUT2D eigenvalue weighted by molar-refractivity contribution is 0.580. The number of nitrogens with zero attached hydrogens (tertiary/aromatic N) is 1. The molecule has 1 aromatic heterocycles. The van der Waals surface area contributed by atoms with Crippen LogP contribution in [0.4, 0.5) is 4.39 Å². The first-order valence-electron chi connectivity index (χ1n) is 5.24. The molecule has 1 N–H and O–H groups in total. The van der Waals surface area contributed by atoms with E-state index in [-0.39, 0.29) is 17.0 Å². The van der Waals surface area contributed by atoms with Crippen molar-refractivity contribution in [2.24, 2.45) is 0 Å². The Labute approximate surface area is 114 Å². The van der Waals surface area contributed by atoms with Gasteiger partial charge in [0.2, 0.25) is 10.0 Å². The first kappa shape index (κ1) is 13.7. The van der Waals surface area contributed by atoms with Gasteiger partial charge < -0.3 is 0 Å². The van der Waals surface area contributed by atoms with Gasteiger partial charge in [0.05, 0.1) is 10.5 Å². The van der Waals surface area contributed by atoms with Crippen LogP contribution in [0, 0.1) is 17.1 Å². The lowest BCUT2D eigenvalue weighted by Crippen LogP contribution is -2.22. The predicted octanol–water partition coefficient (Wildman–Crippen LogP) is 2.24. The zero-order valence-corrected chi connectivity index (χ0v) is 11.3. The molecule has 0 unspecified atom stereocenters. The molecule has 1 heterocycles. The fraction of sp³-hybridized carbons (Fsp3) is 0.0833. The van der Waals surface area contributed by atoms with E-state index in [1.54, 1.807) is 12.1 Å². The predicted molar refractivity (Wildman–Crippen MR) is 69.5 cm³/mol. The lowest BCUT2D eigenvalue weighted by atomic mass is 10.2. The van der Waals surface area contributed by atoms with E-state index in [4.69, 9.17) is 5.26 Å². The molecule has 2 aromatic rings. The molecule has 0 saturated carbocycles. The third kappa shape index (κ3) is 3.17. The number of sulfonamides is 1. The van der Waals surface area contributed by atoms with Crippen molar-refractivity contribution in [1.82, 2.24) is 4.72 Å². The summed E-state index contributed by atoms with van der Waals surface area (Å²) < 4.78 is 39.5. The topological polar surface area (TPSA) is 70.0 Å². The van der Waals surface area contributed by atoms with Gasteiger partial charge in [0.15, 0.2) is 0 Å². The van der Waals surface area contributed by atoms with E-state index in [1.807, 2.05) is 11.4 Å². The highest BCUT2D eigenvalue weighted by atomic mass is 32.2. The minimum absolute atomic E-state index is 0.123. The zero-order valence-electron chi connectivity index (χ0n) is 9.63. The molecule has 0 aliphatic heterocycles. The van der Waals surface area contributed by atoms with E-state index >= 15 is 0 Å². The summed E-state index contributed by atoms with van der Waals surface area (Å²) in [6.07, 6.45) is 0. The Kier molecular flexibility index (Phi) is 3.95. The van der Waals surface area contributed by atoms with Crippen molar-refractivity contribution in [2.45, 2.75) is 11.4 Å². The molecule has 7 heteroatoms. The van der Waals surface area contributed by atoms with Gasteiger partial charge in [-0.15, -0.1) is 11.3 Å². The highest BCUT2D eigenvalue weighted by Gasteiger charge is 2.16. The summed E-state index contributed by atoms with van der Waals surface area (Å²) in [6.45, 7) is 0.166. The van der Waals surface area contributed by atoms with Gasteiger partial charge in [0.25, 0.3) is 0 Å². The van der Waals surface area contributed by atoms with Gasteiger partial charge in [-0.25, -0.2) is 17.5 Å². The molecular weight excluding hydrogens is 287 g/mol. The fourth-order valence-electron chi connectivity index (χ4n) is 1.42. The minimum Gasteiger partial charge on any atom is -0.207 e. The molecule has 2 rings (SSSR count). The maximum Gasteiger partial charge on any atom is 0.240 e. The molecule has 0 atom stereocenters. The number of benzene rings is 1. The van der Waals surface area contributed by atoms with E-state index in [0.29, 0.717) is 0 Å². The Hall–Kier alpha value is -1.75. The van der Waals surface area contributed by atoms with Crippen LogP contribution in [-0.4, -0.2) is 8.42 Å². The van der Waals surface area contributed by atoms with Crippen molar-refractivity contribution >= 4 is 21.4 Å². The van der Waals surface area contributed by atoms with Crippen molar-refractivity contribution in [3.63, 3.8) is 0 Å². The monoisotopic (exact) mass is 296 g/mol. The molecule has 1 aromatic carbocycles. The van der Waals surface area contributed by atoms with Gasteiger partial charge in [-0.1, -0.05) is 6.07 Å². The number of nitriles is 1. The van der Waals surface area contributed by atoms with Crippen LogP contribution in [0.5, 0.6) is 0 Å². The smallest absolute Gasteiger partial charge is 0.207 e. The summed E-state index contributed by atoms with van der Waals surface area (Å²) in [5.41, 5.74) is -0.293. The van der Waals surface area contributed by atoms with Gasteiger partial charge in [-0.05, 0) is 29.6 Å². The van der Waals surface area contributed by atoms with E-state index < -0.39 is 15.8 Å². The quantitative estimate of drug-likeness (QED) is 0.940. The van der Waals surface area contributed by atoms with Gasteiger partial charge in [-0.3, -0.25) is 0 Å². The molecule has 0 radical (unpaired) electrons. The average molecular weight is 296 g/mol. The van der Waals surface area contributed by atoms with E-state index in [9.17, 15) is 12.8 Å². The highest BCUT2D eigenvalue weighted by Crippen LogP contribution is 2.15. The van der Waals surface area contributed by atoms with Gasteiger partial charge >= 0.3 is 0 Å². The molecule has 4 nitrogen and oxygen atoms in total. The third-order valence-electron chi connectivity index (χ3n) is 2.39. The molecule has 0 aliphatic carbocycles. The summed E-state index contributed by atoms with van der Waals surface area (Å²) >= 11 is 1.43. The Balaban J connectivity index is 2.22. The minimum atomic E-state index is -3.75. The number of hydrogen-bond donors (Lipinski definition) is 1. The van der Waals surface area contributed by atoms with Crippen LogP contribution in [0.25, 0.3) is 0 Å². The maximum absolute atomic E-state index is 13.1. The Morgan fingerprint density at radius 3 is 2.79 bits per heavy atom. The first-order valence-corrected chi connectivity index (χ1v) is 7.61. The van der Waals surface area contributed by atoms with Crippen LogP contribution >= 0.6 is 11.3 Å². The van der Waals surface area contributed by atoms with Crippen LogP contribution in [0.15, 0.2) is 40.6 Å². The molecule has 19 heavy (non-hydrogen) atoms. The average Bonchev–Trinajstić information content (AvgIpc) is 2.90. The summed E-state index contributed by atoms with van der Waals surface area (Å²) in [6, 6.07) is 8.36. The van der Waals surface area contributed by atoms with Gasteiger partial charge in [-0.2, -0.15) is 5.26 Å². The normalized spacial score (nSPS) is 11.2. The summed E-state index contributed by atoms with van der Waals surface area (Å²) in [5, 5.41) is 10.5. The van der Waals surface area contributed by atoms with E-state index in [0.717, 1.165) is 23.1 Å². The zero-order chi connectivity index (χ0) is 13.9. The molecule has 0 amide bonds. The second-order valence-electron chi connectivity index (χ2n) is 3.66. The van der Waals surface area contributed by atoms with Crippen LogP contribution in [0.3, 0.4) is 0 Å². The largest absolute Gasteiger partial charge is 0.240 e. The third-order valence-corrected chi connectivity index (χ3v) is 4.66. The van der Waals surface area contributed by atoms with Crippen LogP contribution in [0.1, 0.15) is 10.4 Å². The Morgan fingerprint density at radius 2 is 2.16 bits per heavy atom. The van der Waals surface area contributed by atoms with E-state index in [2.05, 4.69) is 4.72 Å². The van der Waals surface area contributed by atoms with Crippen molar-refractivity contribution in [3.8, 4) is 6.07 Å². The van der Waals surface area contributed by atoms with Gasteiger partial charge in [0.1, 0.15) is 11.9 Å². The molecule has 98 valence electrons. The lowest BCUT2D eigenvalue weighted by Gasteiger charge is -2.06. The van der Waals surface area contributed by atoms with Crippen molar-refractivity contribution in [1.29, 1.82) is 5.26 Å². The van der Waals surface area contributed by atoms with Crippen LogP contribution < -0.4 is 4.72 Å². The molecular formula is C12H9FN2O2S2.